The minimum Gasteiger partial charge on any atom is -0.493 e. The minimum atomic E-state index is -4.91. The van der Waals surface area contributed by atoms with Crippen molar-refractivity contribution in [2.75, 3.05) is 20.8 Å². The van der Waals surface area contributed by atoms with Crippen molar-refractivity contribution < 1.29 is 27.4 Å². The zero-order chi connectivity index (χ0) is 22.9. The van der Waals surface area contributed by atoms with E-state index in [1.54, 1.807) is 12.1 Å². The van der Waals surface area contributed by atoms with Crippen LogP contribution in [-0.4, -0.2) is 42.7 Å². The van der Waals surface area contributed by atoms with Gasteiger partial charge in [0.05, 0.1) is 20.3 Å². The van der Waals surface area contributed by atoms with Crippen molar-refractivity contribution in [2.24, 2.45) is 0 Å². The number of methoxy groups -OCH3 is 2. The minimum absolute atomic E-state index is 0.0125. The lowest BCUT2D eigenvalue weighted by atomic mass is 9.88. The summed E-state index contributed by atoms with van der Waals surface area (Å²) in [7, 11) is 3.00. The maximum absolute atomic E-state index is 13.3. The van der Waals surface area contributed by atoms with E-state index in [2.05, 4.69) is 4.98 Å². The van der Waals surface area contributed by atoms with E-state index in [1.807, 2.05) is 30.5 Å². The predicted octanol–water partition coefficient (Wildman–Crippen LogP) is 5.20. The fraction of sp³-hybridized carbons (Fsp3) is 0.375. The highest BCUT2D eigenvalue weighted by atomic mass is 19.4. The monoisotopic (exact) mass is 446 g/mol. The number of para-hydroxylation sites is 1. The highest BCUT2D eigenvalue weighted by Crippen LogP contribution is 2.41. The lowest BCUT2D eigenvalue weighted by Crippen LogP contribution is -2.46. The molecule has 0 spiro atoms. The zero-order valence-corrected chi connectivity index (χ0v) is 18.0. The third-order valence-electron chi connectivity index (χ3n) is 6.10. The SMILES string of the molecule is COc1cc2c(cc1OC)[C@H](CCCc1c[nH]c3ccccc13)N(C(=O)C(F)(F)F)CC2. The van der Waals surface area contributed by atoms with E-state index in [1.165, 1.54) is 14.2 Å². The highest BCUT2D eigenvalue weighted by molar-refractivity contribution is 5.83. The van der Waals surface area contributed by atoms with Gasteiger partial charge in [-0.1, -0.05) is 18.2 Å². The molecule has 0 saturated carbocycles. The van der Waals surface area contributed by atoms with E-state index in [-0.39, 0.29) is 6.54 Å². The molecule has 8 heteroatoms. The van der Waals surface area contributed by atoms with Gasteiger partial charge in [-0.25, -0.2) is 0 Å². The van der Waals surface area contributed by atoms with E-state index in [4.69, 9.17) is 9.47 Å². The smallest absolute Gasteiger partial charge is 0.471 e. The lowest BCUT2D eigenvalue weighted by Gasteiger charge is -2.38. The number of alkyl halides is 3. The van der Waals surface area contributed by atoms with Gasteiger partial charge in [0.1, 0.15) is 0 Å². The number of aromatic amines is 1. The summed E-state index contributed by atoms with van der Waals surface area (Å²) in [6.45, 7) is 0.0125. The van der Waals surface area contributed by atoms with Crippen molar-refractivity contribution in [1.29, 1.82) is 0 Å². The van der Waals surface area contributed by atoms with Crippen molar-refractivity contribution in [3.05, 3.63) is 59.3 Å². The van der Waals surface area contributed by atoms with Crippen LogP contribution in [0.1, 0.15) is 35.6 Å². The predicted molar refractivity (Wildman–Crippen MR) is 115 cm³/mol. The summed E-state index contributed by atoms with van der Waals surface area (Å²) in [6, 6.07) is 10.7. The number of benzene rings is 2. The first-order valence-corrected chi connectivity index (χ1v) is 10.5. The fourth-order valence-electron chi connectivity index (χ4n) is 4.57. The van der Waals surface area contributed by atoms with Crippen LogP contribution in [0.2, 0.25) is 0 Å². The van der Waals surface area contributed by atoms with Gasteiger partial charge in [-0.3, -0.25) is 4.79 Å². The summed E-state index contributed by atoms with van der Waals surface area (Å²) < 4.78 is 50.7. The number of hydrogen-bond donors (Lipinski definition) is 1. The van der Waals surface area contributed by atoms with Crippen LogP contribution in [0.25, 0.3) is 10.9 Å². The van der Waals surface area contributed by atoms with Crippen LogP contribution >= 0.6 is 0 Å². The number of ether oxygens (including phenoxy) is 2. The quantitative estimate of drug-likeness (QED) is 0.567. The van der Waals surface area contributed by atoms with Crippen molar-refractivity contribution in [1.82, 2.24) is 9.88 Å². The second kappa shape index (κ2) is 8.76. The molecule has 1 aromatic heterocycles. The van der Waals surface area contributed by atoms with Crippen molar-refractivity contribution in [2.45, 2.75) is 37.9 Å². The van der Waals surface area contributed by atoms with Crippen LogP contribution in [0.3, 0.4) is 0 Å². The van der Waals surface area contributed by atoms with Gasteiger partial charge < -0.3 is 19.4 Å². The van der Waals surface area contributed by atoms with Gasteiger partial charge in [-0.05, 0) is 60.6 Å². The van der Waals surface area contributed by atoms with Gasteiger partial charge in [0.15, 0.2) is 11.5 Å². The van der Waals surface area contributed by atoms with E-state index in [9.17, 15) is 18.0 Å². The number of hydrogen-bond acceptors (Lipinski definition) is 3. The summed E-state index contributed by atoms with van der Waals surface area (Å²) in [5, 5.41) is 1.10. The van der Waals surface area contributed by atoms with Crippen LogP contribution in [0.15, 0.2) is 42.6 Å². The Morgan fingerprint density at radius 1 is 1.16 bits per heavy atom. The number of amides is 1. The Labute approximate surface area is 184 Å². The van der Waals surface area contributed by atoms with Gasteiger partial charge in [0.2, 0.25) is 0 Å². The molecule has 2 aromatic carbocycles. The Balaban J connectivity index is 1.62. The van der Waals surface area contributed by atoms with Crippen LogP contribution in [0.5, 0.6) is 11.5 Å². The largest absolute Gasteiger partial charge is 0.493 e. The number of H-pyrrole nitrogens is 1. The Morgan fingerprint density at radius 3 is 2.59 bits per heavy atom. The Hall–Kier alpha value is -3.16. The molecule has 0 fully saturated rings. The molecular weight excluding hydrogens is 421 g/mol. The average molecular weight is 446 g/mol. The Morgan fingerprint density at radius 2 is 1.88 bits per heavy atom. The first-order valence-electron chi connectivity index (χ1n) is 10.5. The van der Waals surface area contributed by atoms with Gasteiger partial charge in [-0.2, -0.15) is 13.2 Å². The van der Waals surface area contributed by atoms with Gasteiger partial charge in [0, 0.05) is 23.6 Å². The zero-order valence-electron chi connectivity index (χ0n) is 18.0. The molecule has 4 rings (SSSR count). The molecule has 5 nitrogen and oxygen atoms in total. The molecule has 1 N–H and O–H groups in total. The Kier molecular flexibility index (Phi) is 6.04. The number of halogens is 3. The molecule has 0 saturated heterocycles. The van der Waals surface area contributed by atoms with Gasteiger partial charge >= 0.3 is 12.1 Å². The first kappa shape index (κ1) is 22.0. The molecular formula is C24H25F3N2O3. The topological polar surface area (TPSA) is 54.6 Å². The van der Waals surface area contributed by atoms with Gasteiger partial charge in [-0.15, -0.1) is 0 Å². The van der Waals surface area contributed by atoms with Gasteiger partial charge in [0.25, 0.3) is 0 Å². The summed E-state index contributed by atoms with van der Waals surface area (Å²) in [6.07, 6.45) is -0.922. The molecule has 170 valence electrons. The molecule has 3 aromatic rings. The molecule has 0 unspecified atom stereocenters. The molecule has 1 amide bonds. The molecule has 1 atom stereocenters. The standard InChI is InChI=1S/C24H25F3N2O3/c1-31-21-12-15-10-11-29(23(30)24(25,26)27)20(18(15)13-22(21)32-2)9-5-6-16-14-28-19-8-4-3-7-17(16)19/h3-4,7-8,12-14,20,28H,5-6,9-11H2,1-2H3/t20-/m0/s1. The second-order valence-electron chi connectivity index (χ2n) is 7.92. The third-order valence-corrected chi connectivity index (χ3v) is 6.10. The third kappa shape index (κ3) is 4.13. The number of carbonyl (C=O) groups is 1. The number of aromatic nitrogens is 1. The van der Waals surface area contributed by atoms with E-state index < -0.39 is 18.1 Å². The number of aryl methyl sites for hydroxylation is 1. The lowest BCUT2D eigenvalue weighted by molar-refractivity contribution is -0.188. The highest BCUT2D eigenvalue weighted by Gasteiger charge is 2.46. The van der Waals surface area contributed by atoms with Crippen LogP contribution < -0.4 is 9.47 Å². The van der Waals surface area contributed by atoms with E-state index >= 15 is 0 Å². The summed E-state index contributed by atoms with van der Waals surface area (Å²) in [5.74, 6) is -0.830. The van der Waals surface area contributed by atoms with E-state index in [0.717, 1.165) is 26.9 Å². The summed E-state index contributed by atoms with van der Waals surface area (Å²) in [4.78, 5) is 16.4. The molecule has 1 aliphatic heterocycles. The molecule has 32 heavy (non-hydrogen) atoms. The van der Waals surface area contributed by atoms with E-state index in [0.29, 0.717) is 42.7 Å². The van der Waals surface area contributed by atoms with Crippen molar-refractivity contribution >= 4 is 16.8 Å². The summed E-state index contributed by atoms with van der Waals surface area (Å²) >= 11 is 0. The maximum Gasteiger partial charge on any atom is 0.471 e. The number of fused-ring (bicyclic) bond motifs is 2. The molecule has 0 aliphatic carbocycles. The average Bonchev–Trinajstić information content (AvgIpc) is 3.20. The molecule has 2 heterocycles. The maximum atomic E-state index is 13.3. The second-order valence-corrected chi connectivity index (χ2v) is 7.92. The molecule has 0 bridgehead atoms. The van der Waals surface area contributed by atoms with Crippen LogP contribution in [0, 0.1) is 0 Å². The Bertz CT molecular complexity index is 1120. The number of nitrogens with one attached hydrogen (secondary N) is 1. The van der Waals surface area contributed by atoms with Crippen LogP contribution in [-0.2, 0) is 17.6 Å². The van der Waals surface area contributed by atoms with Crippen molar-refractivity contribution in [3.8, 4) is 11.5 Å². The molecule has 1 aliphatic rings. The molecule has 0 radical (unpaired) electrons. The first-order chi connectivity index (χ1) is 15.3. The number of rotatable bonds is 6. The number of carbonyl (C=O) groups excluding carboxylic acids is 1. The number of nitrogens with zero attached hydrogens (tertiary/aromatic N) is 1. The normalized spacial score (nSPS) is 16.2. The van der Waals surface area contributed by atoms with Crippen molar-refractivity contribution in [3.63, 3.8) is 0 Å². The summed E-state index contributed by atoms with van der Waals surface area (Å²) in [5.41, 5.74) is 3.70. The van der Waals surface area contributed by atoms with Crippen LogP contribution in [0.4, 0.5) is 13.2 Å². The fourth-order valence-corrected chi connectivity index (χ4v) is 4.57.